The summed E-state index contributed by atoms with van der Waals surface area (Å²) in [5, 5.41) is 0. The van der Waals surface area contributed by atoms with Crippen LogP contribution in [-0.4, -0.2) is 4.98 Å². The fourth-order valence-corrected chi connectivity index (χ4v) is 2.26. The molecule has 6 heteroatoms. The standard InChI is InChI=1S/C13H12BrF2N3/c14-9-3-8(6-18-7-9)4-13(19-17)11-5-10(15)1-2-12(11)16/h1-3,5-7,13,19H,4,17H2. The third-order valence-corrected chi connectivity index (χ3v) is 3.17. The molecule has 1 atom stereocenters. The Labute approximate surface area is 117 Å². The Morgan fingerprint density at radius 3 is 2.74 bits per heavy atom. The first-order valence-electron chi connectivity index (χ1n) is 5.60. The maximum absolute atomic E-state index is 13.7. The number of halogens is 3. The molecule has 0 spiro atoms. The van der Waals surface area contributed by atoms with Crippen LogP contribution in [0.2, 0.25) is 0 Å². The first-order chi connectivity index (χ1) is 9.10. The number of hydrazine groups is 1. The van der Waals surface area contributed by atoms with Gasteiger partial charge in [0.15, 0.2) is 0 Å². The zero-order valence-electron chi connectivity index (χ0n) is 9.91. The summed E-state index contributed by atoms with van der Waals surface area (Å²) in [6, 6.07) is 4.65. The van der Waals surface area contributed by atoms with Gasteiger partial charge in [-0.05, 0) is 52.2 Å². The van der Waals surface area contributed by atoms with E-state index < -0.39 is 17.7 Å². The van der Waals surface area contributed by atoms with Gasteiger partial charge in [-0.3, -0.25) is 16.3 Å². The van der Waals surface area contributed by atoms with Gasteiger partial charge in [0.05, 0.1) is 6.04 Å². The molecule has 0 bridgehead atoms. The lowest BCUT2D eigenvalue weighted by Gasteiger charge is -2.17. The fraction of sp³-hybridized carbons (Fsp3) is 0.154. The van der Waals surface area contributed by atoms with Gasteiger partial charge < -0.3 is 0 Å². The van der Waals surface area contributed by atoms with E-state index in [2.05, 4.69) is 26.3 Å². The first kappa shape index (κ1) is 14.0. The molecule has 1 aromatic carbocycles. The molecule has 1 aromatic heterocycles. The maximum Gasteiger partial charge on any atom is 0.128 e. The van der Waals surface area contributed by atoms with E-state index in [4.69, 9.17) is 5.84 Å². The topological polar surface area (TPSA) is 50.9 Å². The highest BCUT2D eigenvalue weighted by molar-refractivity contribution is 9.10. The van der Waals surface area contributed by atoms with E-state index >= 15 is 0 Å². The summed E-state index contributed by atoms with van der Waals surface area (Å²) in [7, 11) is 0. The van der Waals surface area contributed by atoms with Crippen molar-refractivity contribution in [3.8, 4) is 0 Å². The number of nitrogens with two attached hydrogens (primary N) is 1. The summed E-state index contributed by atoms with van der Waals surface area (Å²) >= 11 is 3.31. The van der Waals surface area contributed by atoms with E-state index in [1.165, 1.54) is 0 Å². The molecule has 0 aliphatic rings. The van der Waals surface area contributed by atoms with Crippen LogP contribution in [0.1, 0.15) is 17.2 Å². The van der Waals surface area contributed by atoms with Crippen LogP contribution in [0, 0.1) is 11.6 Å². The molecule has 2 aromatic rings. The lowest BCUT2D eigenvalue weighted by Crippen LogP contribution is -2.30. The van der Waals surface area contributed by atoms with Crippen LogP contribution >= 0.6 is 15.9 Å². The molecule has 1 heterocycles. The molecule has 100 valence electrons. The first-order valence-corrected chi connectivity index (χ1v) is 6.40. The van der Waals surface area contributed by atoms with Crippen molar-refractivity contribution in [3.05, 3.63) is 63.9 Å². The van der Waals surface area contributed by atoms with E-state index in [0.717, 1.165) is 28.2 Å². The molecule has 3 N–H and O–H groups in total. The van der Waals surface area contributed by atoms with E-state index in [0.29, 0.717) is 6.42 Å². The summed E-state index contributed by atoms with van der Waals surface area (Å²) in [6.07, 6.45) is 3.72. The molecule has 2 rings (SSSR count). The molecule has 0 saturated carbocycles. The molecular weight excluding hydrogens is 316 g/mol. The Kier molecular flexibility index (Phi) is 4.57. The van der Waals surface area contributed by atoms with Crippen LogP contribution in [0.5, 0.6) is 0 Å². The second kappa shape index (κ2) is 6.18. The maximum atomic E-state index is 13.7. The normalized spacial score (nSPS) is 12.4. The van der Waals surface area contributed by atoms with Crippen molar-refractivity contribution in [1.82, 2.24) is 10.4 Å². The third kappa shape index (κ3) is 3.56. The van der Waals surface area contributed by atoms with Crippen molar-refractivity contribution < 1.29 is 8.78 Å². The minimum absolute atomic E-state index is 0.197. The Morgan fingerprint density at radius 1 is 1.26 bits per heavy atom. The van der Waals surface area contributed by atoms with Gasteiger partial charge in [-0.2, -0.15) is 0 Å². The zero-order chi connectivity index (χ0) is 13.8. The van der Waals surface area contributed by atoms with Gasteiger partial charge >= 0.3 is 0 Å². The average Bonchev–Trinajstić information content (AvgIpc) is 2.39. The molecule has 0 amide bonds. The summed E-state index contributed by atoms with van der Waals surface area (Å²) < 4.78 is 27.7. The quantitative estimate of drug-likeness (QED) is 0.670. The minimum atomic E-state index is -0.521. The molecule has 0 aliphatic heterocycles. The van der Waals surface area contributed by atoms with Crippen molar-refractivity contribution >= 4 is 15.9 Å². The molecule has 0 saturated heterocycles. The van der Waals surface area contributed by atoms with Crippen molar-refractivity contribution in [2.75, 3.05) is 0 Å². The lowest BCUT2D eigenvalue weighted by molar-refractivity contribution is 0.502. The summed E-state index contributed by atoms with van der Waals surface area (Å²) in [5.74, 6) is 4.45. The van der Waals surface area contributed by atoms with E-state index in [1.54, 1.807) is 12.4 Å². The number of nitrogens with one attached hydrogen (secondary N) is 1. The van der Waals surface area contributed by atoms with Crippen molar-refractivity contribution in [1.29, 1.82) is 0 Å². The number of benzene rings is 1. The van der Waals surface area contributed by atoms with Crippen LogP contribution in [0.3, 0.4) is 0 Å². The summed E-state index contributed by atoms with van der Waals surface area (Å²) in [4.78, 5) is 4.02. The predicted octanol–water partition coefficient (Wildman–Crippen LogP) is 2.87. The van der Waals surface area contributed by atoms with Crippen molar-refractivity contribution in [2.24, 2.45) is 5.84 Å². The largest absolute Gasteiger partial charge is 0.271 e. The Morgan fingerprint density at radius 2 is 2.05 bits per heavy atom. The smallest absolute Gasteiger partial charge is 0.128 e. The molecule has 0 fully saturated rings. The van der Waals surface area contributed by atoms with Gasteiger partial charge in [0.1, 0.15) is 11.6 Å². The highest BCUT2D eigenvalue weighted by Crippen LogP contribution is 2.22. The second-order valence-electron chi connectivity index (χ2n) is 4.10. The lowest BCUT2D eigenvalue weighted by atomic mass is 10.00. The van der Waals surface area contributed by atoms with Gasteiger partial charge in [0.2, 0.25) is 0 Å². The molecule has 0 radical (unpaired) electrons. The molecule has 0 aliphatic carbocycles. The van der Waals surface area contributed by atoms with E-state index in [9.17, 15) is 8.78 Å². The van der Waals surface area contributed by atoms with Gasteiger partial charge in [0.25, 0.3) is 0 Å². The SMILES string of the molecule is NNC(Cc1cncc(Br)c1)c1cc(F)ccc1F. The van der Waals surface area contributed by atoms with Crippen LogP contribution in [0.25, 0.3) is 0 Å². The van der Waals surface area contributed by atoms with E-state index in [1.807, 2.05) is 6.07 Å². The Balaban J connectivity index is 2.27. The van der Waals surface area contributed by atoms with Crippen LogP contribution in [0.4, 0.5) is 8.78 Å². The third-order valence-electron chi connectivity index (χ3n) is 2.74. The van der Waals surface area contributed by atoms with Crippen molar-refractivity contribution in [2.45, 2.75) is 12.5 Å². The number of aromatic nitrogens is 1. The number of rotatable bonds is 4. The predicted molar refractivity (Wildman–Crippen MR) is 72.1 cm³/mol. The number of nitrogens with zero attached hydrogens (tertiary/aromatic N) is 1. The van der Waals surface area contributed by atoms with Crippen molar-refractivity contribution in [3.63, 3.8) is 0 Å². The summed E-state index contributed by atoms with van der Waals surface area (Å²) in [6.45, 7) is 0. The Bertz CT molecular complexity index is 578. The van der Waals surface area contributed by atoms with Gasteiger partial charge in [-0.25, -0.2) is 8.78 Å². The average molecular weight is 328 g/mol. The second-order valence-corrected chi connectivity index (χ2v) is 5.02. The Hall–Kier alpha value is -1.37. The molecule has 1 unspecified atom stereocenters. The van der Waals surface area contributed by atoms with Crippen LogP contribution in [0.15, 0.2) is 41.1 Å². The highest BCUT2D eigenvalue weighted by Gasteiger charge is 2.16. The monoisotopic (exact) mass is 327 g/mol. The van der Waals surface area contributed by atoms with Gasteiger partial charge in [0, 0.05) is 22.4 Å². The highest BCUT2D eigenvalue weighted by atomic mass is 79.9. The number of hydrogen-bond donors (Lipinski definition) is 2. The molecular formula is C13H12BrF2N3. The van der Waals surface area contributed by atoms with Crippen LogP contribution in [-0.2, 0) is 6.42 Å². The number of hydrogen-bond acceptors (Lipinski definition) is 3. The van der Waals surface area contributed by atoms with Gasteiger partial charge in [-0.1, -0.05) is 0 Å². The fourth-order valence-electron chi connectivity index (χ4n) is 1.84. The minimum Gasteiger partial charge on any atom is -0.271 e. The number of pyridine rings is 1. The molecule has 19 heavy (non-hydrogen) atoms. The zero-order valence-corrected chi connectivity index (χ0v) is 11.5. The molecule has 3 nitrogen and oxygen atoms in total. The van der Waals surface area contributed by atoms with E-state index in [-0.39, 0.29) is 5.56 Å². The summed E-state index contributed by atoms with van der Waals surface area (Å²) in [5.41, 5.74) is 3.56. The van der Waals surface area contributed by atoms with Crippen LogP contribution < -0.4 is 11.3 Å². The van der Waals surface area contributed by atoms with Gasteiger partial charge in [-0.15, -0.1) is 0 Å².